The number of allylic oxidation sites excluding steroid dienone is 4. The molecule has 0 bridgehead atoms. The molecule has 2 nitrogen and oxygen atoms in total. The zero-order valence-corrected chi connectivity index (χ0v) is 23.9. The molecular weight excluding hydrogens is 536 g/mol. The minimum atomic E-state index is 0.178. The first-order chi connectivity index (χ1) is 21.8. The Bertz CT molecular complexity index is 2490. The van der Waals surface area contributed by atoms with Crippen LogP contribution in [-0.4, -0.2) is 0 Å². The van der Waals surface area contributed by atoms with Crippen molar-refractivity contribution in [3.05, 3.63) is 156 Å². The number of hydrogen-bond acceptors (Lipinski definition) is 2. The fourth-order valence-corrected chi connectivity index (χ4v) is 7.71. The summed E-state index contributed by atoms with van der Waals surface area (Å²) >= 11 is 0. The molecule has 44 heavy (non-hydrogen) atoms. The number of fused-ring (bicyclic) bond motifs is 10. The van der Waals surface area contributed by atoms with Crippen LogP contribution in [0.3, 0.4) is 0 Å². The van der Waals surface area contributed by atoms with Gasteiger partial charge in [-0.15, -0.1) is 0 Å². The lowest BCUT2D eigenvalue weighted by Gasteiger charge is -2.23. The molecule has 1 aromatic heterocycles. The Morgan fingerprint density at radius 1 is 0.523 bits per heavy atom. The Morgan fingerprint density at radius 2 is 1.18 bits per heavy atom. The average molecular weight is 563 g/mol. The molecule has 0 radical (unpaired) electrons. The maximum Gasteiger partial charge on any atom is 0.136 e. The second-order valence-corrected chi connectivity index (χ2v) is 12.0. The molecule has 0 amide bonds. The largest absolute Gasteiger partial charge is 0.461 e. The average Bonchev–Trinajstić information content (AvgIpc) is 3.64. The van der Waals surface area contributed by atoms with Gasteiger partial charge < -0.3 is 9.15 Å². The monoisotopic (exact) mass is 562 g/mol. The van der Waals surface area contributed by atoms with E-state index in [2.05, 4.69) is 127 Å². The highest BCUT2D eigenvalue weighted by Gasteiger charge is 2.34. The summed E-state index contributed by atoms with van der Waals surface area (Å²) in [6, 6.07) is 45.7. The first-order valence-electron chi connectivity index (χ1n) is 15.3. The molecule has 0 spiro atoms. The summed E-state index contributed by atoms with van der Waals surface area (Å²) in [6.07, 6.45) is 5.38. The molecule has 0 saturated carbocycles. The number of para-hydroxylation sites is 1. The van der Waals surface area contributed by atoms with E-state index < -0.39 is 0 Å². The molecule has 7 aromatic carbocycles. The molecule has 2 heteroatoms. The SMILES string of the molecule is C1=C(c2c3ccccc3c(-c3ccccc3)c3ccccc23)CC2C(=C1)Oc1cc3c(ccc4oc5ccccc5c43)cc12. The van der Waals surface area contributed by atoms with E-state index >= 15 is 0 Å². The molecule has 1 aliphatic heterocycles. The van der Waals surface area contributed by atoms with Crippen molar-refractivity contribution in [2.24, 2.45) is 0 Å². The minimum absolute atomic E-state index is 0.178. The van der Waals surface area contributed by atoms with E-state index in [4.69, 9.17) is 9.15 Å². The summed E-state index contributed by atoms with van der Waals surface area (Å²) in [5, 5.41) is 9.84. The fourth-order valence-electron chi connectivity index (χ4n) is 7.71. The lowest BCUT2D eigenvalue weighted by atomic mass is 9.80. The molecule has 0 N–H and O–H groups in total. The predicted octanol–water partition coefficient (Wildman–Crippen LogP) is 11.6. The number of rotatable bonds is 2. The van der Waals surface area contributed by atoms with Gasteiger partial charge in [-0.25, -0.2) is 0 Å². The Kier molecular flexibility index (Phi) is 4.86. The van der Waals surface area contributed by atoms with Crippen LogP contribution in [-0.2, 0) is 0 Å². The summed E-state index contributed by atoms with van der Waals surface area (Å²) in [4.78, 5) is 0. The van der Waals surface area contributed by atoms with Gasteiger partial charge in [-0.1, -0.05) is 109 Å². The van der Waals surface area contributed by atoms with E-state index in [9.17, 15) is 0 Å². The standard InChI is InChI=1S/C42H26O2/c1-2-10-25(11-3-1)40-28-12-4-6-14-30(28)41(31-15-7-5-13-29(31)40)27-19-20-37-34(23-27)35-22-26-18-21-38-42(33(26)24-39(35)44-37)32-16-8-9-17-36(32)43-38/h1-22,24,34H,23H2. The lowest BCUT2D eigenvalue weighted by Crippen LogP contribution is -2.05. The van der Waals surface area contributed by atoms with Crippen LogP contribution in [0, 0.1) is 0 Å². The van der Waals surface area contributed by atoms with E-state index in [1.165, 1.54) is 60.1 Å². The first kappa shape index (κ1) is 23.9. The molecule has 2 heterocycles. The number of furan rings is 1. The van der Waals surface area contributed by atoms with Gasteiger partial charge in [-0.2, -0.15) is 0 Å². The van der Waals surface area contributed by atoms with Crippen molar-refractivity contribution >= 4 is 59.8 Å². The summed E-state index contributed by atoms with van der Waals surface area (Å²) in [5.41, 5.74) is 8.30. The summed E-state index contributed by atoms with van der Waals surface area (Å²) in [5.74, 6) is 2.16. The smallest absolute Gasteiger partial charge is 0.136 e. The van der Waals surface area contributed by atoms with E-state index in [0.717, 1.165) is 39.9 Å². The fraction of sp³-hybridized carbons (Fsp3) is 0.0476. The van der Waals surface area contributed by atoms with Crippen LogP contribution < -0.4 is 4.74 Å². The van der Waals surface area contributed by atoms with E-state index in [1.807, 2.05) is 12.1 Å². The topological polar surface area (TPSA) is 22.4 Å². The van der Waals surface area contributed by atoms with Crippen LogP contribution in [0.1, 0.15) is 23.5 Å². The molecule has 2 aliphatic rings. The normalized spacial score (nSPS) is 15.9. The van der Waals surface area contributed by atoms with Crippen LogP contribution in [0.25, 0.3) is 71.0 Å². The van der Waals surface area contributed by atoms with Crippen LogP contribution in [0.4, 0.5) is 0 Å². The molecule has 8 aromatic rings. The Balaban J connectivity index is 1.15. The maximum absolute atomic E-state index is 6.58. The Labute approximate surface area is 254 Å². The predicted molar refractivity (Wildman–Crippen MR) is 182 cm³/mol. The van der Waals surface area contributed by atoms with E-state index in [0.29, 0.717) is 0 Å². The Morgan fingerprint density at radius 3 is 1.93 bits per heavy atom. The third-order valence-electron chi connectivity index (χ3n) is 9.62. The zero-order valence-electron chi connectivity index (χ0n) is 23.9. The van der Waals surface area contributed by atoms with Crippen molar-refractivity contribution in [3.63, 3.8) is 0 Å². The highest BCUT2D eigenvalue weighted by Crippen LogP contribution is 2.52. The molecular formula is C42H26O2. The van der Waals surface area contributed by atoms with Gasteiger partial charge in [0.1, 0.15) is 22.7 Å². The van der Waals surface area contributed by atoms with Crippen LogP contribution >= 0.6 is 0 Å². The molecule has 0 fully saturated rings. The van der Waals surface area contributed by atoms with Gasteiger partial charge in [0.05, 0.1) is 0 Å². The quantitative estimate of drug-likeness (QED) is 0.196. The van der Waals surface area contributed by atoms with Crippen molar-refractivity contribution in [1.82, 2.24) is 0 Å². The second-order valence-electron chi connectivity index (χ2n) is 12.0. The van der Waals surface area contributed by atoms with Gasteiger partial charge in [0, 0.05) is 22.3 Å². The summed E-state index contributed by atoms with van der Waals surface area (Å²) in [7, 11) is 0. The molecule has 1 atom stereocenters. The molecule has 0 saturated heterocycles. The molecule has 206 valence electrons. The highest BCUT2D eigenvalue weighted by molar-refractivity contribution is 6.20. The van der Waals surface area contributed by atoms with E-state index in [1.54, 1.807) is 0 Å². The third-order valence-corrected chi connectivity index (χ3v) is 9.62. The molecule has 10 rings (SSSR count). The van der Waals surface area contributed by atoms with Crippen molar-refractivity contribution < 1.29 is 9.15 Å². The van der Waals surface area contributed by atoms with Gasteiger partial charge in [-0.05, 0) is 91.3 Å². The molecule has 1 unspecified atom stereocenters. The Hall–Kier alpha value is -5.60. The van der Waals surface area contributed by atoms with Gasteiger partial charge >= 0.3 is 0 Å². The maximum atomic E-state index is 6.58. The van der Waals surface area contributed by atoms with E-state index in [-0.39, 0.29) is 5.92 Å². The number of hydrogen-bond donors (Lipinski definition) is 0. The van der Waals surface area contributed by atoms with Gasteiger partial charge in [0.15, 0.2) is 0 Å². The lowest BCUT2D eigenvalue weighted by molar-refractivity contribution is 0.427. The van der Waals surface area contributed by atoms with Gasteiger partial charge in [0.2, 0.25) is 0 Å². The molecule has 1 aliphatic carbocycles. The van der Waals surface area contributed by atoms with Crippen molar-refractivity contribution in [1.29, 1.82) is 0 Å². The summed E-state index contributed by atoms with van der Waals surface area (Å²) in [6.45, 7) is 0. The minimum Gasteiger partial charge on any atom is -0.461 e. The van der Waals surface area contributed by atoms with Crippen molar-refractivity contribution in [2.45, 2.75) is 12.3 Å². The third kappa shape index (κ3) is 3.31. The van der Waals surface area contributed by atoms with Crippen molar-refractivity contribution in [3.8, 4) is 16.9 Å². The highest BCUT2D eigenvalue weighted by atomic mass is 16.5. The second kappa shape index (κ2) is 8.95. The number of ether oxygens (including phenoxy) is 1. The van der Waals surface area contributed by atoms with Gasteiger partial charge in [-0.3, -0.25) is 0 Å². The number of benzene rings is 7. The van der Waals surface area contributed by atoms with Crippen LogP contribution in [0.15, 0.2) is 150 Å². The first-order valence-corrected chi connectivity index (χ1v) is 15.3. The van der Waals surface area contributed by atoms with Gasteiger partial charge in [0.25, 0.3) is 0 Å². The van der Waals surface area contributed by atoms with Crippen LogP contribution in [0.2, 0.25) is 0 Å². The summed E-state index contributed by atoms with van der Waals surface area (Å²) < 4.78 is 12.8. The zero-order chi connectivity index (χ0) is 28.8. The van der Waals surface area contributed by atoms with Crippen LogP contribution in [0.5, 0.6) is 5.75 Å². The van der Waals surface area contributed by atoms with Crippen molar-refractivity contribution in [2.75, 3.05) is 0 Å².